The van der Waals surface area contributed by atoms with E-state index in [1.54, 1.807) is 0 Å². The quantitative estimate of drug-likeness (QED) is 0.620. The van der Waals surface area contributed by atoms with Crippen molar-refractivity contribution < 1.29 is 4.74 Å². The zero-order valence-electron chi connectivity index (χ0n) is 19.7. The summed E-state index contributed by atoms with van der Waals surface area (Å²) in [6.45, 7) is 8.50. The Balaban J connectivity index is 1.30. The van der Waals surface area contributed by atoms with Crippen molar-refractivity contribution in [2.75, 3.05) is 43.1 Å². The number of fused-ring (bicyclic) bond motifs is 1. The molecule has 0 aromatic carbocycles. The SMILES string of the molecule is COC1CCCN(c2ccc(C3CCN(c4cc(C)nc5c4cnn5C)C[C@@H]3C)nc2)C1. The first kappa shape index (κ1) is 21.2. The van der Waals surface area contributed by atoms with Crippen molar-refractivity contribution in [3.63, 3.8) is 0 Å². The van der Waals surface area contributed by atoms with E-state index in [1.807, 2.05) is 25.0 Å². The lowest BCUT2D eigenvalue weighted by Gasteiger charge is -2.38. The first-order chi connectivity index (χ1) is 15.5. The van der Waals surface area contributed by atoms with Gasteiger partial charge in [0.25, 0.3) is 0 Å². The molecular formula is C25H34N6O. The highest BCUT2D eigenvalue weighted by molar-refractivity contribution is 5.89. The minimum Gasteiger partial charge on any atom is -0.380 e. The molecule has 0 aliphatic carbocycles. The molecule has 0 amide bonds. The van der Waals surface area contributed by atoms with E-state index >= 15 is 0 Å². The van der Waals surface area contributed by atoms with Crippen molar-refractivity contribution in [1.29, 1.82) is 0 Å². The van der Waals surface area contributed by atoms with E-state index < -0.39 is 0 Å². The molecule has 2 aliphatic rings. The van der Waals surface area contributed by atoms with Gasteiger partial charge in [-0.3, -0.25) is 9.67 Å². The predicted octanol–water partition coefficient (Wildman–Crippen LogP) is 3.92. The number of methoxy groups -OCH3 is 1. The fourth-order valence-electron chi connectivity index (χ4n) is 5.45. The fraction of sp³-hybridized carbons (Fsp3) is 0.560. The topological polar surface area (TPSA) is 59.3 Å². The summed E-state index contributed by atoms with van der Waals surface area (Å²) < 4.78 is 7.45. The summed E-state index contributed by atoms with van der Waals surface area (Å²) in [5.41, 5.74) is 5.69. The third-order valence-corrected chi connectivity index (χ3v) is 7.28. The smallest absolute Gasteiger partial charge is 0.159 e. The van der Waals surface area contributed by atoms with Crippen molar-refractivity contribution in [1.82, 2.24) is 19.7 Å². The first-order valence-electron chi connectivity index (χ1n) is 11.8. The van der Waals surface area contributed by atoms with Crippen LogP contribution in [0.4, 0.5) is 11.4 Å². The van der Waals surface area contributed by atoms with Crippen LogP contribution in [0.1, 0.15) is 43.5 Å². The molecular weight excluding hydrogens is 400 g/mol. The molecule has 5 heterocycles. The highest BCUT2D eigenvalue weighted by Gasteiger charge is 2.30. The molecule has 5 rings (SSSR count). The Morgan fingerprint density at radius 2 is 1.94 bits per heavy atom. The predicted molar refractivity (Wildman–Crippen MR) is 128 cm³/mol. The van der Waals surface area contributed by atoms with E-state index in [9.17, 15) is 0 Å². The summed E-state index contributed by atoms with van der Waals surface area (Å²) in [6, 6.07) is 6.71. The van der Waals surface area contributed by atoms with Gasteiger partial charge in [0, 0.05) is 57.6 Å². The molecule has 170 valence electrons. The molecule has 3 aromatic heterocycles. The highest BCUT2D eigenvalue weighted by atomic mass is 16.5. The van der Waals surface area contributed by atoms with E-state index in [0.717, 1.165) is 55.7 Å². The molecule has 0 bridgehead atoms. The Labute approximate surface area is 190 Å². The van der Waals surface area contributed by atoms with Crippen LogP contribution < -0.4 is 9.80 Å². The van der Waals surface area contributed by atoms with E-state index in [0.29, 0.717) is 17.9 Å². The molecule has 2 aliphatic heterocycles. The standard InChI is InChI=1S/C25H34N6O/c1-17-15-31(24-12-18(2)28-25-22(24)14-27-29(25)3)11-9-21(17)23-8-7-19(13-26-23)30-10-5-6-20(16-30)32-4/h7-8,12-14,17,20-21H,5-6,9-11,15-16H2,1-4H3/t17-,20?,21?/m0/s1. The third-order valence-electron chi connectivity index (χ3n) is 7.28. The normalized spacial score (nSPS) is 24.3. The van der Waals surface area contributed by atoms with E-state index in [1.165, 1.54) is 23.5 Å². The number of pyridine rings is 2. The summed E-state index contributed by atoms with van der Waals surface area (Å²) >= 11 is 0. The Hall–Kier alpha value is -2.67. The molecule has 2 fully saturated rings. The van der Waals surface area contributed by atoms with Gasteiger partial charge < -0.3 is 14.5 Å². The van der Waals surface area contributed by atoms with E-state index in [2.05, 4.69) is 58.1 Å². The second kappa shape index (κ2) is 8.70. The maximum atomic E-state index is 5.58. The lowest BCUT2D eigenvalue weighted by molar-refractivity contribution is 0.0893. The highest BCUT2D eigenvalue weighted by Crippen LogP contribution is 2.36. The summed E-state index contributed by atoms with van der Waals surface area (Å²) in [4.78, 5) is 14.5. The first-order valence-corrected chi connectivity index (χ1v) is 11.8. The van der Waals surface area contributed by atoms with Crippen LogP contribution in [-0.4, -0.2) is 59.1 Å². The van der Waals surface area contributed by atoms with Gasteiger partial charge in [0.1, 0.15) is 0 Å². The summed E-state index contributed by atoms with van der Waals surface area (Å²) in [5.74, 6) is 1.01. The molecule has 7 nitrogen and oxygen atoms in total. The van der Waals surface area contributed by atoms with E-state index in [4.69, 9.17) is 9.72 Å². The van der Waals surface area contributed by atoms with Crippen molar-refractivity contribution in [2.24, 2.45) is 13.0 Å². The molecule has 0 radical (unpaired) electrons. The summed E-state index contributed by atoms with van der Waals surface area (Å²) in [5, 5.41) is 5.58. The van der Waals surface area contributed by atoms with Crippen LogP contribution in [-0.2, 0) is 11.8 Å². The third kappa shape index (κ3) is 3.94. The largest absolute Gasteiger partial charge is 0.380 e. The Morgan fingerprint density at radius 3 is 2.69 bits per heavy atom. The maximum absolute atomic E-state index is 5.58. The van der Waals surface area contributed by atoms with Crippen LogP contribution >= 0.6 is 0 Å². The van der Waals surface area contributed by atoms with Gasteiger partial charge in [-0.1, -0.05) is 6.92 Å². The number of aromatic nitrogens is 4. The van der Waals surface area contributed by atoms with Crippen LogP contribution in [0.5, 0.6) is 0 Å². The van der Waals surface area contributed by atoms with Crippen LogP contribution in [0.2, 0.25) is 0 Å². The minimum atomic E-state index is 0.330. The van der Waals surface area contributed by atoms with Gasteiger partial charge in [0.15, 0.2) is 5.65 Å². The van der Waals surface area contributed by atoms with Crippen LogP contribution in [0.15, 0.2) is 30.6 Å². The monoisotopic (exact) mass is 434 g/mol. The fourth-order valence-corrected chi connectivity index (χ4v) is 5.45. The Morgan fingerprint density at radius 1 is 1.06 bits per heavy atom. The molecule has 7 heteroatoms. The molecule has 3 aromatic rings. The zero-order valence-corrected chi connectivity index (χ0v) is 19.7. The number of hydrogen-bond donors (Lipinski definition) is 0. The molecule has 32 heavy (non-hydrogen) atoms. The zero-order chi connectivity index (χ0) is 22.2. The van der Waals surface area contributed by atoms with Crippen molar-refractivity contribution in [3.8, 4) is 0 Å². The average Bonchev–Trinajstić information content (AvgIpc) is 3.19. The van der Waals surface area contributed by atoms with Gasteiger partial charge >= 0.3 is 0 Å². The van der Waals surface area contributed by atoms with Gasteiger partial charge in [-0.2, -0.15) is 5.10 Å². The molecule has 3 atom stereocenters. The lowest BCUT2D eigenvalue weighted by Crippen LogP contribution is -2.39. The molecule has 2 saturated heterocycles. The maximum Gasteiger partial charge on any atom is 0.159 e. The second-order valence-electron chi connectivity index (χ2n) is 9.49. The number of ether oxygens (including phenoxy) is 1. The number of piperidine rings is 2. The molecule has 0 N–H and O–H groups in total. The van der Waals surface area contributed by atoms with Crippen LogP contribution in [0.25, 0.3) is 11.0 Å². The summed E-state index contributed by atoms with van der Waals surface area (Å²) in [6.07, 6.45) is 7.77. The van der Waals surface area contributed by atoms with Gasteiger partial charge in [-0.25, -0.2) is 4.98 Å². The minimum absolute atomic E-state index is 0.330. The number of aryl methyl sites for hydroxylation is 2. The van der Waals surface area contributed by atoms with Crippen molar-refractivity contribution >= 4 is 22.4 Å². The number of nitrogens with zero attached hydrogens (tertiary/aromatic N) is 6. The van der Waals surface area contributed by atoms with Gasteiger partial charge in [-0.05, 0) is 50.3 Å². The molecule has 0 spiro atoms. The number of anilines is 2. The number of hydrogen-bond acceptors (Lipinski definition) is 6. The van der Waals surface area contributed by atoms with Gasteiger partial charge in [0.2, 0.25) is 0 Å². The average molecular weight is 435 g/mol. The van der Waals surface area contributed by atoms with E-state index in [-0.39, 0.29) is 0 Å². The molecule has 2 unspecified atom stereocenters. The number of rotatable bonds is 4. The van der Waals surface area contributed by atoms with Crippen LogP contribution in [0.3, 0.4) is 0 Å². The van der Waals surface area contributed by atoms with Crippen molar-refractivity contribution in [2.45, 2.75) is 45.1 Å². The second-order valence-corrected chi connectivity index (χ2v) is 9.49. The summed E-state index contributed by atoms with van der Waals surface area (Å²) in [7, 11) is 3.78. The van der Waals surface area contributed by atoms with Crippen molar-refractivity contribution in [3.05, 3.63) is 42.0 Å². The Bertz CT molecular complexity index is 1080. The van der Waals surface area contributed by atoms with Gasteiger partial charge in [-0.15, -0.1) is 0 Å². The van der Waals surface area contributed by atoms with Gasteiger partial charge in [0.05, 0.1) is 35.3 Å². The Kier molecular flexibility index (Phi) is 5.76. The van der Waals surface area contributed by atoms with Crippen LogP contribution in [0, 0.1) is 12.8 Å². The lowest BCUT2D eigenvalue weighted by atomic mass is 9.84. The molecule has 0 saturated carbocycles.